The molecule has 3 aromatic rings. The van der Waals surface area contributed by atoms with Crippen LogP contribution >= 0.6 is 0 Å². The van der Waals surface area contributed by atoms with Crippen LogP contribution in [0.5, 0.6) is 11.6 Å². The fourth-order valence-corrected chi connectivity index (χ4v) is 3.79. The first-order valence-corrected chi connectivity index (χ1v) is 10.6. The lowest BCUT2D eigenvalue weighted by molar-refractivity contribution is 0.0733. The topological polar surface area (TPSA) is 58.6 Å². The summed E-state index contributed by atoms with van der Waals surface area (Å²) in [7, 11) is 3.92. The molecule has 1 aliphatic rings. The van der Waals surface area contributed by atoms with E-state index in [4.69, 9.17) is 4.74 Å². The molecule has 160 valence electrons. The molecule has 4 rings (SSSR count). The summed E-state index contributed by atoms with van der Waals surface area (Å²) in [5.74, 6) is 1.33. The smallest absolute Gasteiger partial charge is 0.260 e. The Morgan fingerprint density at radius 1 is 1.13 bits per heavy atom. The zero-order valence-corrected chi connectivity index (χ0v) is 18.5. The first kappa shape index (κ1) is 21.0. The number of aromatic nitrogens is 2. The Morgan fingerprint density at radius 3 is 2.58 bits per heavy atom. The van der Waals surface area contributed by atoms with Crippen LogP contribution in [0.3, 0.4) is 0 Å². The van der Waals surface area contributed by atoms with E-state index in [0.29, 0.717) is 17.1 Å². The maximum absolute atomic E-state index is 13.4. The molecule has 0 radical (unpaired) electrons. The highest BCUT2D eigenvalue weighted by atomic mass is 16.5. The van der Waals surface area contributed by atoms with Crippen LogP contribution in [0.4, 0.5) is 0 Å². The zero-order chi connectivity index (χ0) is 22.0. The van der Waals surface area contributed by atoms with Crippen LogP contribution in [0, 0.1) is 13.8 Å². The minimum Gasteiger partial charge on any atom is -0.438 e. The van der Waals surface area contributed by atoms with E-state index in [1.54, 1.807) is 11.1 Å². The fraction of sp³-hybridized carbons (Fsp3) is 0.320. The van der Waals surface area contributed by atoms with Crippen LogP contribution < -0.4 is 4.74 Å². The molecule has 1 amide bonds. The Hall–Kier alpha value is -3.25. The van der Waals surface area contributed by atoms with Gasteiger partial charge < -0.3 is 14.5 Å². The van der Waals surface area contributed by atoms with E-state index in [1.807, 2.05) is 62.5 Å². The number of likely N-dealkylation sites (tertiary alicyclic amines) is 1. The number of ether oxygens (including phenoxy) is 1. The predicted molar refractivity (Wildman–Crippen MR) is 121 cm³/mol. The molecule has 0 bridgehead atoms. The van der Waals surface area contributed by atoms with Crippen LogP contribution in [0.25, 0.3) is 11.4 Å². The van der Waals surface area contributed by atoms with Crippen molar-refractivity contribution >= 4 is 5.91 Å². The van der Waals surface area contributed by atoms with Crippen molar-refractivity contribution in [1.82, 2.24) is 19.8 Å². The summed E-state index contributed by atoms with van der Waals surface area (Å²) < 4.78 is 6.15. The van der Waals surface area contributed by atoms with Crippen molar-refractivity contribution in [2.24, 2.45) is 0 Å². The van der Waals surface area contributed by atoms with Gasteiger partial charge in [-0.1, -0.05) is 36.4 Å². The summed E-state index contributed by atoms with van der Waals surface area (Å²) in [5, 5.41) is 0. The van der Waals surface area contributed by atoms with Gasteiger partial charge in [0, 0.05) is 31.4 Å². The summed E-state index contributed by atoms with van der Waals surface area (Å²) >= 11 is 0. The maximum atomic E-state index is 13.4. The number of aryl methyl sites for hydroxylation is 2. The second kappa shape index (κ2) is 8.86. The van der Waals surface area contributed by atoms with Crippen molar-refractivity contribution in [3.05, 3.63) is 71.4 Å². The van der Waals surface area contributed by atoms with E-state index in [2.05, 4.69) is 28.8 Å². The molecule has 0 spiro atoms. The number of rotatable bonds is 5. The summed E-state index contributed by atoms with van der Waals surface area (Å²) in [6, 6.07) is 15.7. The van der Waals surface area contributed by atoms with Crippen molar-refractivity contribution in [3.8, 4) is 23.0 Å². The van der Waals surface area contributed by atoms with Gasteiger partial charge in [-0.15, -0.1) is 0 Å². The van der Waals surface area contributed by atoms with E-state index >= 15 is 0 Å². The number of hydrogen-bond acceptors (Lipinski definition) is 5. The van der Waals surface area contributed by atoms with E-state index in [9.17, 15) is 4.79 Å². The van der Waals surface area contributed by atoms with E-state index in [-0.39, 0.29) is 17.8 Å². The van der Waals surface area contributed by atoms with Crippen molar-refractivity contribution in [2.75, 3.05) is 27.2 Å². The molecule has 2 aromatic carbocycles. The Balaban J connectivity index is 1.71. The highest BCUT2D eigenvalue weighted by Gasteiger charge is 2.29. The SMILES string of the molecule is Cc1ccc(Oc2nc(-c3ccccc3)ncc2C(=O)N(C)C2CCN(C)C2)cc1C. The summed E-state index contributed by atoms with van der Waals surface area (Å²) in [4.78, 5) is 26.5. The third-order valence-electron chi connectivity index (χ3n) is 5.94. The van der Waals surface area contributed by atoms with Crippen LogP contribution in [-0.2, 0) is 0 Å². The average Bonchev–Trinajstić information content (AvgIpc) is 3.22. The summed E-state index contributed by atoms with van der Waals surface area (Å²) in [5.41, 5.74) is 3.54. The van der Waals surface area contributed by atoms with Gasteiger partial charge in [-0.25, -0.2) is 4.98 Å². The number of hydrogen-bond donors (Lipinski definition) is 0. The van der Waals surface area contributed by atoms with Gasteiger partial charge in [-0.3, -0.25) is 4.79 Å². The second-order valence-corrected chi connectivity index (χ2v) is 8.25. The highest BCUT2D eigenvalue weighted by molar-refractivity contribution is 5.96. The molecule has 1 unspecified atom stereocenters. The van der Waals surface area contributed by atoms with Gasteiger partial charge in [-0.2, -0.15) is 4.98 Å². The van der Waals surface area contributed by atoms with E-state index in [1.165, 1.54) is 5.56 Å². The van der Waals surface area contributed by atoms with Gasteiger partial charge in [0.1, 0.15) is 11.3 Å². The van der Waals surface area contributed by atoms with Crippen LogP contribution in [-0.4, -0.2) is 58.9 Å². The molecule has 0 aliphatic carbocycles. The molecule has 6 heteroatoms. The number of amides is 1. The fourth-order valence-electron chi connectivity index (χ4n) is 3.79. The van der Waals surface area contributed by atoms with Gasteiger partial charge in [0.05, 0.1) is 0 Å². The van der Waals surface area contributed by atoms with Crippen LogP contribution in [0.15, 0.2) is 54.7 Å². The first-order chi connectivity index (χ1) is 14.9. The molecule has 1 aromatic heterocycles. The molecule has 6 nitrogen and oxygen atoms in total. The Bertz CT molecular complexity index is 1080. The third-order valence-corrected chi connectivity index (χ3v) is 5.94. The minimum atomic E-state index is -0.126. The molecule has 2 heterocycles. The predicted octanol–water partition coefficient (Wildman–Crippen LogP) is 4.33. The zero-order valence-electron chi connectivity index (χ0n) is 18.5. The van der Waals surface area contributed by atoms with Crippen molar-refractivity contribution in [1.29, 1.82) is 0 Å². The number of nitrogens with zero attached hydrogens (tertiary/aromatic N) is 4. The van der Waals surface area contributed by atoms with Crippen LogP contribution in [0.2, 0.25) is 0 Å². The molecule has 0 N–H and O–H groups in total. The van der Waals surface area contributed by atoms with Gasteiger partial charge in [0.2, 0.25) is 5.88 Å². The molecular formula is C25H28N4O2. The molecule has 31 heavy (non-hydrogen) atoms. The Labute approximate surface area is 183 Å². The number of likely N-dealkylation sites (N-methyl/N-ethyl adjacent to an activating group) is 2. The second-order valence-electron chi connectivity index (χ2n) is 8.25. The van der Waals surface area contributed by atoms with Gasteiger partial charge >= 0.3 is 0 Å². The van der Waals surface area contributed by atoms with Gasteiger partial charge in [-0.05, 0) is 57.1 Å². The highest BCUT2D eigenvalue weighted by Crippen LogP contribution is 2.29. The van der Waals surface area contributed by atoms with Crippen molar-refractivity contribution in [2.45, 2.75) is 26.3 Å². The molecular weight excluding hydrogens is 388 g/mol. The molecule has 1 atom stereocenters. The molecule has 1 aliphatic heterocycles. The maximum Gasteiger partial charge on any atom is 0.260 e. The monoisotopic (exact) mass is 416 g/mol. The normalized spacial score (nSPS) is 16.3. The lowest BCUT2D eigenvalue weighted by Crippen LogP contribution is -2.38. The largest absolute Gasteiger partial charge is 0.438 e. The number of benzene rings is 2. The van der Waals surface area contributed by atoms with E-state index < -0.39 is 0 Å². The summed E-state index contributed by atoms with van der Waals surface area (Å²) in [6.45, 7) is 5.93. The quantitative estimate of drug-likeness (QED) is 0.620. The molecule has 0 saturated carbocycles. The van der Waals surface area contributed by atoms with Crippen molar-refractivity contribution < 1.29 is 9.53 Å². The average molecular weight is 417 g/mol. The lowest BCUT2D eigenvalue weighted by Gasteiger charge is -2.25. The Kier molecular flexibility index (Phi) is 6.00. The molecule has 1 fully saturated rings. The minimum absolute atomic E-state index is 0.126. The van der Waals surface area contributed by atoms with E-state index in [0.717, 1.165) is 30.6 Å². The standard InChI is InChI=1S/C25H28N4O2/c1-17-10-11-21(14-18(17)2)31-24-22(25(30)29(4)20-12-13-28(3)16-20)15-26-23(27-24)19-8-6-5-7-9-19/h5-11,14-15,20H,12-13,16H2,1-4H3. The van der Waals surface area contributed by atoms with Gasteiger partial charge in [0.15, 0.2) is 5.82 Å². The lowest BCUT2D eigenvalue weighted by atomic mass is 10.1. The third kappa shape index (κ3) is 4.59. The number of carbonyl (C=O) groups is 1. The van der Waals surface area contributed by atoms with Crippen molar-refractivity contribution in [3.63, 3.8) is 0 Å². The van der Waals surface area contributed by atoms with Gasteiger partial charge in [0.25, 0.3) is 5.91 Å². The first-order valence-electron chi connectivity index (χ1n) is 10.6. The molecule has 1 saturated heterocycles. The van der Waals surface area contributed by atoms with Crippen LogP contribution in [0.1, 0.15) is 27.9 Å². The number of carbonyl (C=O) groups excluding carboxylic acids is 1. The summed E-state index contributed by atoms with van der Waals surface area (Å²) in [6.07, 6.45) is 2.54. The Morgan fingerprint density at radius 2 is 1.90 bits per heavy atom.